The molecule has 0 bridgehead atoms. The zero-order valence-electron chi connectivity index (χ0n) is 15.9. The van der Waals surface area contributed by atoms with E-state index in [1.807, 2.05) is 32.0 Å². The predicted octanol–water partition coefficient (Wildman–Crippen LogP) is 3.09. The van der Waals surface area contributed by atoms with Crippen LogP contribution in [0.4, 0.5) is 0 Å². The molecule has 0 saturated carbocycles. The quantitative estimate of drug-likeness (QED) is 0.464. The third-order valence-electron chi connectivity index (χ3n) is 4.61. The van der Waals surface area contributed by atoms with Crippen molar-refractivity contribution in [3.63, 3.8) is 0 Å². The Labute approximate surface area is 175 Å². The number of fused-ring (bicyclic) bond motifs is 2. The van der Waals surface area contributed by atoms with Crippen molar-refractivity contribution in [3.05, 3.63) is 62.5 Å². The number of hydrazone groups is 1. The van der Waals surface area contributed by atoms with Crippen LogP contribution in [0.2, 0.25) is 0 Å². The van der Waals surface area contributed by atoms with Gasteiger partial charge in [0.25, 0.3) is 10.0 Å². The molecule has 10 heteroatoms. The topological polar surface area (TPSA) is 99.9 Å². The molecule has 150 valence electrons. The molecular weight excluding hydrogens is 458 g/mol. The smallest absolute Gasteiger partial charge is 0.306 e. The number of aromatic amines is 1. The van der Waals surface area contributed by atoms with E-state index in [0.29, 0.717) is 10.0 Å². The summed E-state index contributed by atoms with van der Waals surface area (Å²) in [5.74, 6) is 0.255. The molecule has 4 rings (SSSR count). The normalized spacial score (nSPS) is 15.3. The predicted molar refractivity (Wildman–Crippen MR) is 116 cm³/mol. The molecule has 29 heavy (non-hydrogen) atoms. The Kier molecular flexibility index (Phi) is 4.70. The maximum Gasteiger partial charge on any atom is 0.326 e. The van der Waals surface area contributed by atoms with Crippen LogP contribution in [-0.4, -0.2) is 42.1 Å². The summed E-state index contributed by atoms with van der Waals surface area (Å²) in [4.78, 5) is 15.1. The summed E-state index contributed by atoms with van der Waals surface area (Å²) >= 11 is 3.29. The molecule has 1 aromatic heterocycles. The van der Waals surface area contributed by atoms with Gasteiger partial charge in [-0.2, -0.15) is 13.5 Å². The summed E-state index contributed by atoms with van der Waals surface area (Å²) in [6, 6.07) is 10.5. The largest absolute Gasteiger partial charge is 0.326 e. The van der Waals surface area contributed by atoms with Crippen molar-refractivity contribution in [2.75, 3.05) is 7.05 Å². The van der Waals surface area contributed by atoms with Crippen molar-refractivity contribution >= 4 is 49.0 Å². The van der Waals surface area contributed by atoms with E-state index in [4.69, 9.17) is 0 Å². The first kappa shape index (κ1) is 19.6. The van der Waals surface area contributed by atoms with Gasteiger partial charge in [0.15, 0.2) is 5.84 Å². The number of hydrogen-bond donors (Lipinski definition) is 1. The second-order valence-corrected chi connectivity index (χ2v) is 9.46. The van der Waals surface area contributed by atoms with Crippen molar-refractivity contribution in [1.29, 1.82) is 0 Å². The number of aromatic nitrogens is 2. The van der Waals surface area contributed by atoms with Crippen LogP contribution in [0.3, 0.4) is 0 Å². The highest BCUT2D eigenvalue weighted by molar-refractivity contribution is 9.10. The fourth-order valence-electron chi connectivity index (χ4n) is 3.28. The van der Waals surface area contributed by atoms with Gasteiger partial charge >= 0.3 is 5.69 Å². The highest BCUT2D eigenvalue weighted by atomic mass is 79.9. The van der Waals surface area contributed by atoms with Crippen molar-refractivity contribution in [2.24, 2.45) is 9.50 Å². The van der Waals surface area contributed by atoms with Gasteiger partial charge in [0, 0.05) is 23.1 Å². The average molecular weight is 476 g/mol. The van der Waals surface area contributed by atoms with Crippen LogP contribution in [0.5, 0.6) is 0 Å². The van der Waals surface area contributed by atoms with Gasteiger partial charge < -0.3 is 4.98 Å². The zero-order valence-corrected chi connectivity index (χ0v) is 18.3. The van der Waals surface area contributed by atoms with Gasteiger partial charge in [-0.3, -0.25) is 4.57 Å². The number of benzene rings is 2. The minimum atomic E-state index is -3.75. The number of rotatable bonds is 3. The highest BCUT2D eigenvalue weighted by Gasteiger charge is 2.31. The first-order chi connectivity index (χ1) is 13.7. The molecule has 2 heterocycles. The minimum absolute atomic E-state index is 0.0139. The van der Waals surface area contributed by atoms with Gasteiger partial charge in [-0.15, -0.1) is 4.40 Å². The molecule has 0 spiro atoms. The van der Waals surface area contributed by atoms with Crippen LogP contribution >= 0.6 is 15.9 Å². The van der Waals surface area contributed by atoms with Crippen molar-refractivity contribution in [1.82, 2.24) is 14.6 Å². The SMILES string of the molecule is CC(C)n1c(=O)[nH]c2ccc(/C=N/N(C)C3=NS(=O)(=O)c4cc(Br)ccc43)cc21. The van der Waals surface area contributed by atoms with Crippen LogP contribution in [0.15, 0.2) is 60.1 Å². The Bertz CT molecular complexity index is 1350. The summed E-state index contributed by atoms with van der Waals surface area (Å²) in [5, 5.41) is 5.78. The van der Waals surface area contributed by atoms with Crippen LogP contribution < -0.4 is 5.69 Å². The number of imidazole rings is 1. The van der Waals surface area contributed by atoms with Crippen molar-refractivity contribution in [2.45, 2.75) is 24.8 Å². The zero-order chi connectivity index (χ0) is 20.9. The minimum Gasteiger partial charge on any atom is -0.306 e. The summed E-state index contributed by atoms with van der Waals surface area (Å²) in [6.07, 6.45) is 1.60. The van der Waals surface area contributed by atoms with E-state index in [2.05, 4.69) is 30.4 Å². The standard InChI is InChI=1S/C19H18BrN5O3S/c1-11(2)25-16-8-12(4-7-15(16)22-19(25)26)10-21-24(3)18-14-6-5-13(20)9-17(14)29(27,28)23-18/h4-11H,1-3H3,(H,22,26)/b21-10+. The molecule has 0 fully saturated rings. The van der Waals surface area contributed by atoms with E-state index >= 15 is 0 Å². The first-order valence-electron chi connectivity index (χ1n) is 8.84. The van der Waals surface area contributed by atoms with Gasteiger partial charge in [0.05, 0.1) is 17.2 Å². The lowest BCUT2D eigenvalue weighted by Gasteiger charge is -2.12. The van der Waals surface area contributed by atoms with Gasteiger partial charge in [0.2, 0.25) is 0 Å². The number of halogens is 1. The highest BCUT2D eigenvalue weighted by Crippen LogP contribution is 2.30. The molecule has 1 aliphatic heterocycles. The Morgan fingerprint density at radius 3 is 2.72 bits per heavy atom. The molecule has 0 saturated heterocycles. The van der Waals surface area contributed by atoms with Crippen LogP contribution in [0.1, 0.15) is 31.0 Å². The Morgan fingerprint density at radius 1 is 1.24 bits per heavy atom. The fourth-order valence-corrected chi connectivity index (χ4v) is 5.05. The van der Waals surface area contributed by atoms with Gasteiger partial charge in [-0.25, -0.2) is 9.80 Å². The van der Waals surface area contributed by atoms with Crippen molar-refractivity contribution < 1.29 is 8.42 Å². The number of hydrogen-bond acceptors (Lipinski definition) is 5. The summed E-state index contributed by atoms with van der Waals surface area (Å²) in [5.41, 5.74) is 2.65. The van der Waals surface area contributed by atoms with Crippen LogP contribution in [0, 0.1) is 0 Å². The van der Waals surface area contributed by atoms with Crippen molar-refractivity contribution in [3.8, 4) is 0 Å². The Morgan fingerprint density at radius 2 is 2.00 bits per heavy atom. The molecule has 0 radical (unpaired) electrons. The molecule has 8 nitrogen and oxygen atoms in total. The lowest BCUT2D eigenvalue weighted by Crippen LogP contribution is -2.21. The van der Waals surface area contributed by atoms with Crippen LogP contribution in [-0.2, 0) is 10.0 Å². The van der Waals surface area contributed by atoms with Gasteiger partial charge in [0.1, 0.15) is 4.90 Å². The van der Waals surface area contributed by atoms with Gasteiger partial charge in [-0.1, -0.05) is 22.0 Å². The fraction of sp³-hybridized carbons (Fsp3) is 0.211. The average Bonchev–Trinajstić information content (AvgIpc) is 3.12. The maximum atomic E-state index is 12.3. The number of amidine groups is 1. The summed E-state index contributed by atoms with van der Waals surface area (Å²) in [6.45, 7) is 3.88. The Balaban J connectivity index is 1.68. The van der Waals surface area contributed by atoms with E-state index < -0.39 is 10.0 Å². The van der Waals surface area contributed by atoms with E-state index in [1.54, 1.807) is 30.0 Å². The van der Waals surface area contributed by atoms with Gasteiger partial charge in [-0.05, 0) is 49.7 Å². The number of nitrogens with one attached hydrogen (secondary N) is 1. The van der Waals surface area contributed by atoms with E-state index in [0.717, 1.165) is 16.6 Å². The molecule has 1 aliphatic rings. The maximum absolute atomic E-state index is 12.3. The summed E-state index contributed by atoms with van der Waals surface area (Å²) < 4.78 is 30.8. The molecule has 1 N–H and O–H groups in total. The lowest BCUT2D eigenvalue weighted by atomic mass is 10.2. The van der Waals surface area contributed by atoms with E-state index in [1.165, 1.54) is 11.1 Å². The van der Waals surface area contributed by atoms with E-state index in [9.17, 15) is 13.2 Å². The number of H-pyrrole nitrogens is 1. The number of sulfonamides is 1. The Hall–Kier alpha value is -2.72. The first-order valence-corrected chi connectivity index (χ1v) is 11.1. The third kappa shape index (κ3) is 3.42. The molecule has 0 amide bonds. The summed E-state index contributed by atoms with van der Waals surface area (Å²) in [7, 11) is -2.11. The lowest BCUT2D eigenvalue weighted by molar-refractivity contribution is 0.549. The number of nitrogens with zero attached hydrogens (tertiary/aromatic N) is 4. The third-order valence-corrected chi connectivity index (χ3v) is 6.41. The molecule has 0 unspecified atom stereocenters. The monoisotopic (exact) mass is 475 g/mol. The molecular formula is C19H18BrN5O3S. The molecule has 3 aromatic rings. The van der Waals surface area contributed by atoms with Crippen LogP contribution in [0.25, 0.3) is 11.0 Å². The second-order valence-electron chi connectivity index (χ2n) is 6.97. The molecule has 0 aliphatic carbocycles. The molecule has 2 aromatic carbocycles. The second kappa shape index (κ2) is 6.96. The molecule has 0 atom stereocenters. The van der Waals surface area contributed by atoms with E-state index in [-0.39, 0.29) is 22.5 Å².